The van der Waals surface area contributed by atoms with Gasteiger partial charge < -0.3 is 9.97 Å². The maximum atomic E-state index is 3.84. The summed E-state index contributed by atoms with van der Waals surface area (Å²) in [6.45, 7) is 0. The minimum Gasteiger partial charge on any atom is -0.344 e. The summed E-state index contributed by atoms with van der Waals surface area (Å²) >= 11 is 0. The van der Waals surface area contributed by atoms with Gasteiger partial charge >= 0.3 is 0 Å². The highest BCUT2D eigenvalue weighted by Crippen LogP contribution is 1.87. The number of rotatable bonds is 3. The average molecular weight is 188 g/mol. The Kier molecular flexibility index (Phi) is 2.46. The summed E-state index contributed by atoms with van der Waals surface area (Å²) in [7, 11) is 0. The lowest BCUT2D eigenvalue weighted by Crippen LogP contribution is -1.80. The molecular weight excluding hydrogens is 180 g/mol. The monoisotopic (exact) mass is 188 g/mol. The maximum absolute atomic E-state index is 3.84. The van der Waals surface area contributed by atoms with Gasteiger partial charge in [-0.25, -0.2) is 9.97 Å². The van der Waals surface area contributed by atoms with Crippen LogP contribution in [0.25, 0.3) is 0 Å². The molecule has 0 amide bonds. The van der Waals surface area contributed by atoms with E-state index in [0.29, 0.717) is 0 Å². The quantitative estimate of drug-likeness (QED) is 0.545. The van der Waals surface area contributed by atoms with Crippen molar-refractivity contribution in [2.24, 2.45) is 10.2 Å². The molecule has 2 aromatic rings. The molecule has 0 saturated carbocycles. The van der Waals surface area contributed by atoms with Crippen molar-refractivity contribution in [2.45, 2.75) is 0 Å². The number of H-pyrrole nitrogens is 2. The highest BCUT2D eigenvalue weighted by molar-refractivity contribution is 5.79. The number of aromatic nitrogens is 4. The third-order valence-corrected chi connectivity index (χ3v) is 1.50. The van der Waals surface area contributed by atoms with E-state index in [9.17, 15) is 0 Å². The van der Waals surface area contributed by atoms with Crippen LogP contribution in [0.5, 0.6) is 0 Å². The van der Waals surface area contributed by atoms with Gasteiger partial charge in [-0.3, -0.25) is 0 Å². The van der Waals surface area contributed by atoms with Crippen LogP contribution >= 0.6 is 0 Å². The molecule has 0 aromatic carbocycles. The van der Waals surface area contributed by atoms with Gasteiger partial charge in [0, 0.05) is 0 Å². The van der Waals surface area contributed by atoms with Crippen molar-refractivity contribution in [1.82, 2.24) is 19.9 Å². The predicted molar refractivity (Wildman–Crippen MR) is 52.4 cm³/mol. The average Bonchev–Trinajstić information content (AvgIpc) is 2.86. The molecule has 2 N–H and O–H groups in total. The lowest BCUT2D eigenvalue weighted by atomic mass is 10.5. The van der Waals surface area contributed by atoms with Gasteiger partial charge in [0.05, 0.1) is 48.9 Å². The first-order valence-corrected chi connectivity index (χ1v) is 3.98. The zero-order valence-electron chi connectivity index (χ0n) is 7.25. The van der Waals surface area contributed by atoms with Crippen LogP contribution in [0.2, 0.25) is 0 Å². The van der Waals surface area contributed by atoms with Crippen molar-refractivity contribution in [3.05, 3.63) is 36.4 Å². The molecule has 0 saturated heterocycles. The molecule has 0 aliphatic heterocycles. The van der Waals surface area contributed by atoms with E-state index in [-0.39, 0.29) is 0 Å². The van der Waals surface area contributed by atoms with Crippen LogP contribution in [-0.4, -0.2) is 32.4 Å². The van der Waals surface area contributed by atoms with E-state index < -0.39 is 0 Å². The molecule has 0 spiro atoms. The van der Waals surface area contributed by atoms with Crippen LogP contribution in [0, 0.1) is 0 Å². The molecule has 2 aromatic heterocycles. The SMILES string of the molecule is C(=N/N=C\c1cnc[nH]1)c1cnc[nH]1. The molecule has 2 rings (SSSR count). The van der Waals surface area contributed by atoms with Crippen LogP contribution in [0.3, 0.4) is 0 Å². The van der Waals surface area contributed by atoms with Gasteiger partial charge in [-0.15, -0.1) is 0 Å². The Morgan fingerprint density at radius 1 is 0.929 bits per heavy atom. The van der Waals surface area contributed by atoms with Crippen molar-refractivity contribution in [3.8, 4) is 0 Å². The third kappa shape index (κ3) is 2.13. The molecule has 2 heterocycles. The minimum atomic E-state index is 0.812. The third-order valence-electron chi connectivity index (χ3n) is 1.50. The van der Waals surface area contributed by atoms with Crippen molar-refractivity contribution in [2.75, 3.05) is 0 Å². The molecular formula is C8H8N6. The minimum absolute atomic E-state index is 0.812. The fourth-order valence-corrected chi connectivity index (χ4v) is 0.866. The Morgan fingerprint density at radius 3 is 1.79 bits per heavy atom. The molecule has 0 aliphatic rings. The lowest BCUT2D eigenvalue weighted by Gasteiger charge is -1.80. The van der Waals surface area contributed by atoms with Gasteiger partial charge in [-0.05, 0) is 0 Å². The largest absolute Gasteiger partial charge is 0.344 e. The van der Waals surface area contributed by atoms with Crippen molar-refractivity contribution in [1.29, 1.82) is 0 Å². The van der Waals surface area contributed by atoms with Crippen molar-refractivity contribution < 1.29 is 0 Å². The molecule has 0 radical (unpaired) electrons. The Balaban J connectivity index is 1.94. The summed E-state index contributed by atoms with van der Waals surface area (Å²) in [6, 6.07) is 0. The maximum Gasteiger partial charge on any atom is 0.0924 e. The van der Waals surface area contributed by atoms with E-state index in [1.165, 1.54) is 0 Å². The summed E-state index contributed by atoms with van der Waals surface area (Å²) in [5.74, 6) is 0. The Bertz CT molecular complexity index is 368. The number of nitrogens with one attached hydrogen (secondary N) is 2. The smallest absolute Gasteiger partial charge is 0.0924 e. The van der Waals surface area contributed by atoms with Gasteiger partial charge in [0.1, 0.15) is 0 Å². The number of hydrogen-bond acceptors (Lipinski definition) is 4. The highest BCUT2D eigenvalue weighted by Gasteiger charge is 1.85. The molecule has 6 nitrogen and oxygen atoms in total. The number of aromatic amines is 2. The van der Waals surface area contributed by atoms with Gasteiger partial charge in [-0.1, -0.05) is 0 Å². The predicted octanol–water partition coefficient (Wildman–Crippen LogP) is 0.586. The van der Waals surface area contributed by atoms with Gasteiger partial charge in [0.15, 0.2) is 0 Å². The number of nitrogens with zero attached hydrogens (tertiary/aromatic N) is 4. The topological polar surface area (TPSA) is 82.1 Å². The van der Waals surface area contributed by atoms with Crippen LogP contribution in [0.1, 0.15) is 11.4 Å². The highest BCUT2D eigenvalue weighted by atomic mass is 15.2. The zero-order chi connectivity index (χ0) is 9.64. The first kappa shape index (κ1) is 8.36. The van der Waals surface area contributed by atoms with Gasteiger partial charge in [0.25, 0.3) is 0 Å². The summed E-state index contributed by atoms with van der Waals surface area (Å²) in [6.07, 6.45) is 9.66. The Hall–Kier alpha value is -2.24. The second-order valence-electron chi connectivity index (χ2n) is 2.50. The van der Waals surface area contributed by atoms with E-state index in [0.717, 1.165) is 11.4 Å². The second kappa shape index (κ2) is 4.13. The van der Waals surface area contributed by atoms with Crippen molar-refractivity contribution >= 4 is 12.4 Å². The first-order valence-electron chi connectivity index (χ1n) is 3.98. The molecule has 0 unspecified atom stereocenters. The van der Waals surface area contributed by atoms with E-state index in [1.807, 2.05) is 0 Å². The van der Waals surface area contributed by atoms with Crippen molar-refractivity contribution in [3.63, 3.8) is 0 Å². The van der Waals surface area contributed by atoms with E-state index >= 15 is 0 Å². The Labute approximate surface area is 79.8 Å². The lowest BCUT2D eigenvalue weighted by molar-refractivity contribution is 1.24. The van der Waals surface area contributed by atoms with Gasteiger partial charge in [-0.2, -0.15) is 10.2 Å². The molecule has 70 valence electrons. The summed E-state index contributed by atoms with van der Waals surface area (Å²) in [4.78, 5) is 13.4. The molecule has 6 heteroatoms. The fraction of sp³-hybridized carbons (Fsp3) is 0. The second-order valence-corrected chi connectivity index (χ2v) is 2.50. The van der Waals surface area contributed by atoms with E-state index in [2.05, 4.69) is 30.1 Å². The van der Waals surface area contributed by atoms with Crippen LogP contribution in [0.4, 0.5) is 0 Å². The Morgan fingerprint density at radius 2 is 1.43 bits per heavy atom. The molecule has 0 bridgehead atoms. The first-order chi connectivity index (χ1) is 6.95. The van der Waals surface area contributed by atoms with Crippen LogP contribution < -0.4 is 0 Å². The molecule has 0 atom stereocenters. The number of imidazole rings is 2. The molecule has 0 fully saturated rings. The fourth-order valence-electron chi connectivity index (χ4n) is 0.866. The van der Waals surface area contributed by atoms with Gasteiger partial charge in [0.2, 0.25) is 0 Å². The molecule has 14 heavy (non-hydrogen) atoms. The standard InChI is InChI=1S/C8H8N6/c1-7(11-5-9-1)3-13-14-4-8-2-10-6-12-8/h1-6H,(H,9,11)(H,10,12)/b13-3-,14-4?. The summed E-state index contributed by atoms with van der Waals surface area (Å²) in [5, 5.41) is 7.63. The number of hydrogen-bond donors (Lipinski definition) is 2. The zero-order valence-corrected chi connectivity index (χ0v) is 7.25. The van der Waals surface area contributed by atoms with E-state index in [4.69, 9.17) is 0 Å². The molecule has 0 aliphatic carbocycles. The summed E-state index contributed by atoms with van der Waals surface area (Å²) in [5.41, 5.74) is 1.62. The van der Waals surface area contributed by atoms with E-state index in [1.54, 1.807) is 37.5 Å². The summed E-state index contributed by atoms with van der Waals surface area (Å²) < 4.78 is 0. The normalized spacial score (nSPS) is 11.7. The van der Waals surface area contributed by atoms with Crippen LogP contribution in [-0.2, 0) is 0 Å². The van der Waals surface area contributed by atoms with Crippen LogP contribution in [0.15, 0.2) is 35.3 Å².